The molecule has 318 valence electrons. The van der Waals surface area contributed by atoms with E-state index in [1.807, 2.05) is 36.4 Å². The molecule has 5 heterocycles. The van der Waals surface area contributed by atoms with Crippen LogP contribution in [-0.4, -0.2) is 34.1 Å². The molecule has 68 heavy (non-hydrogen) atoms. The molecule has 0 atom stereocenters. The summed E-state index contributed by atoms with van der Waals surface area (Å²) in [6.45, 7) is 0. The maximum Gasteiger partial charge on any atom is 0.182 e. The molecule has 7 nitrogen and oxygen atoms in total. The molecule has 0 saturated heterocycles. The number of hydrogen-bond acceptors (Lipinski definition) is 5. The molecule has 0 saturated carbocycles. The van der Waals surface area contributed by atoms with Crippen molar-refractivity contribution in [2.45, 2.75) is 0 Å². The molecule has 0 aliphatic rings. The first kappa shape index (κ1) is 39.1. The molecule has 5 aromatic heterocycles. The van der Waals surface area contributed by atoms with E-state index in [2.05, 4.69) is 207 Å². The van der Waals surface area contributed by atoms with E-state index < -0.39 is 0 Å². The van der Waals surface area contributed by atoms with Gasteiger partial charge in [-0.15, -0.1) is 0 Å². The van der Waals surface area contributed by atoms with Crippen LogP contribution >= 0.6 is 0 Å². The maximum atomic E-state index is 5.17. The van der Waals surface area contributed by atoms with Crippen LogP contribution in [0.2, 0.25) is 0 Å². The van der Waals surface area contributed by atoms with E-state index in [1.54, 1.807) is 12.4 Å². The average molecular weight is 870 g/mol. The normalized spacial score (nSPS) is 11.5. The summed E-state index contributed by atoms with van der Waals surface area (Å²) in [6.07, 6.45) is 3.52. The van der Waals surface area contributed by atoms with Crippen LogP contribution in [-0.2, 0) is 0 Å². The number of hydrogen-bond donors (Lipinski definition) is 0. The molecular formula is C61H39N7. The first-order valence-electron chi connectivity index (χ1n) is 22.7. The first-order chi connectivity index (χ1) is 33.7. The molecule has 0 spiro atoms. The second kappa shape index (κ2) is 16.3. The maximum absolute atomic E-state index is 5.17. The largest absolute Gasteiger partial charge is 0.309 e. The summed E-state index contributed by atoms with van der Waals surface area (Å²) in [4.78, 5) is 24.6. The fourth-order valence-electron chi connectivity index (χ4n) is 9.80. The Morgan fingerprint density at radius 2 is 0.706 bits per heavy atom. The predicted octanol–water partition coefficient (Wildman–Crippen LogP) is 14.9. The van der Waals surface area contributed by atoms with E-state index >= 15 is 0 Å². The monoisotopic (exact) mass is 869 g/mol. The van der Waals surface area contributed by atoms with Crippen molar-refractivity contribution in [1.29, 1.82) is 0 Å². The Bertz CT molecular complexity index is 3880. The van der Waals surface area contributed by atoms with Crippen LogP contribution in [0, 0.1) is 0 Å². The topological polar surface area (TPSA) is 74.3 Å². The van der Waals surface area contributed by atoms with E-state index in [9.17, 15) is 0 Å². The highest BCUT2D eigenvalue weighted by molar-refractivity contribution is 6.13. The molecule has 13 aromatic rings. The van der Waals surface area contributed by atoms with Crippen LogP contribution < -0.4 is 0 Å². The van der Waals surface area contributed by atoms with Crippen molar-refractivity contribution >= 4 is 43.6 Å². The number of benzene rings is 8. The predicted molar refractivity (Wildman–Crippen MR) is 277 cm³/mol. The zero-order valence-corrected chi connectivity index (χ0v) is 36.6. The minimum atomic E-state index is 0.469. The smallest absolute Gasteiger partial charge is 0.182 e. The fourth-order valence-corrected chi connectivity index (χ4v) is 9.80. The number of para-hydroxylation sites is 3. The Balaban J connectivity index is 1.11. The number of pyridine rings is 2. The van der Waals surface area contributed by atoms with Crippen molar-refractivity contribution in [2.75, 3.05) is 0 Å². The number of nitrogens with zero attached hydrogens (tertiary/aromatic N) is 7. The second-order valence-corrected chi connectivity index (χ2v) is 16.9. The molecule has 0 bridgehead atoms. The van der Waals surface area contributed by atoms with Gasteiger partial charge in [0.15, 0.2) is 17.5 Å². The Morgan fingerprint density at radius 3 is 1.26 bits per heavy atom. The summed E-state index contributed by atoms with van der Waals surface area (Å²) in [5.41, 5.74) is 15.3. The molecular weight excluding hydrogens is 831 g/mol. The van der Waals surface area contributed by atoms with E-state index in [-0.39, 0.29) is 0 Å². The van der Waals surface area contributed by atoms with Crippen LogP contribution in [0.25, 0.3) is 123 Å². The van der Waals surface area contributed by atoms with Crippen LogP contribution in [0.5, 0.6) is 0 Å². The third-order valence-corrected chi connectivity index (χ3v) is 12.9. The molecule has 0 N–H and O–H groups in total. The third kappa shape index (κ3) is 6.64. The molecule has 8 aromatic carbocycles. The molecule has 0 amide bonds. The van der Waals surface area contributed by atoms with Gasteiger partial charge >= 0.3 is 0 Å². The molecule has 0 aliphatic heterocycles. The lowest BCUT2D eigenvalue weighted by molar-refractivity contribution is 1.05. The van der Waals surface area contributed by atoms with Gasteiger partial charge in [-0.2, -0.15) is 0 Å². The highest BCUT2D eigenvalue weighted by atomic mass is 15.1. The van der Waals surface area contributed by atoms with Gasteiger partial charge in [-0.25, -0.2) is 15.0 Å². The van der Waals surface area contributed by atoms with Gasteiger partial charge in [-0.1, -0.05) is 152 Å². The minimum Gasteiger partial charge on any atom is -0.309 e. The summed E-state index contributed by atoms with van der Waals surface area (Å²) in [5.74, 6) is 1.46. The summed E-state index contributed by atoms with van der Waals surface area (Å²) in [6, 6.07) is 79.2. The first-order valence-corrected chi connectivity index (χ1v) is 22.7. The highest BCUT2D eigenvalue weighted by Crippen LogP contribution is 2.45. The number of rotatable bonds is 8. The summed E-state index contributed by atoms with van der Waals surface area (Å²) in [7, 11) is 0. The Morgan fingerprint density at radius 1 is 0.279 bits per heavy atom. The highest BCUT2D eigenvalue weighted by Gasteiger charge is 2.24. The van der Waals surface area contributed by atoms with Gasteiger partial charge in [-0.05, 0) is 95.1 Å². The van der Waals surface area contributed by atoms with Crippen LogP contribution in [0.15, 0.2) is 237 Å². The van der Waals surface area contributed by atoms with Crippen molar-refractivity contribution in [1.82, 2.24) is 34.1 Å². The van der Waals surface area contributed by atoms with Gasteiger partial charge in [0.25, 0.3) is 0 Å². The van der Waals surface area contributed by atoms with Crippen molar-refractivity contribution in [2.24, 2.45) is 0 Å². The Hall–Kier alpha value is -9.33. The van der Waals surface area contributed by atoms with Gasteiger partial charge < -0.3 is 9.13 Å². The number of aromatic nitrogens is 7. The van der Waals surface area contributed by atoms with Crippen LogP contribution in [0.3, 0.4) is 0 Å². The van der Waals surface area contributed by atoms with Gasteiger partial charge in [0.05, 0.1) is 27.8 Å². The fraction of sp³-hybridized carbons (Fsp3) is 0. The van der Waals surface area contributed by atoms with Gasteiger partial charge in [-0.3, -0.25) is 9.97 Å². The summed E-state index contributed by atoms with van der Waals surface area (Å²) < 4.78 is 4.85. The van der Waals surface area contributed by atoms with Crippen LogP contribution in [0.1, 0.15) is 0 Å². The average Bonchev–Trinajstić information content (AvgIpc) is 3.94. The molecule has 0 fully saturated rings. The zero-order chi connectivity index (χ0) is 45.0. The van der Waals surface area contributed by atoms with Crippen molar-refractivity contribution in [3.8, 4) is 79.2 Å². The van der Waals surface area contributed by atoms with Gasteiger partial charge in [0.1, 0.15) is 11.4 Å². The SMILES string of the molecule is c1ccc(-c2ccc(-c3cc(-c4nc(-c5ccccn5)nc(-c5ccccn5)n4)cc(-c4ccccc4)c3-n3c4ccccc4c4cc(-n5c6ccccc6c6ccccc65)ccc43)cc2)cc1. The molecule has 0 radical (unpaired) electrons. The lowest BCUT2D eigenvalue weighted by Gasteiger charge is -2.21. The molecule has 0 aliphatic carbocycles. The molecule has 0 unspecified atom stereocenters. The van der Waals surface area contributed by atoms with Gasteiger partial charge in [0.2, 0.25) is 0 Å². The zero-order valence-electron chi connectivity index (χ0n) is 36.6. The molecule has 7 heteroatoms. The van der Waals surface area contributed by atoms with E-state index in [4.69, 9.17) is 15.0 Å². The van der Waals surface area contributed by atoms with Crippen molar-refractivity contribution in [3.63, 3.8) is 0 Å². The quantitative estimate of drug-likeness (QED) is 0.152. The minimum absolute atomic E-state index is 0.469. The lowest BCUT2D eigenvalue weighted by atomic mass is 9.91. The van der Waals surface area contributed by atoms with E-state index in [1.165, 1.54) is 21.8 Å². The Labute approximate surface area is 392 Å². The standard InChI is InChI=1S/C61H39N7/c1-3-17-40(18-4-1)41-29-31-43(32-30-41)50-38-44(59-64-60(52-24-13-15-35-62-52)66-61(65-59)53-25-14-16-36-63-53)37-49(42-19-5-2-6-20-42)58(50)68-56-28-12-9-23-48(56)51-39-45(33-34-57(51)68)67-54-26-10-7-21-46(54)47-22-8-11-27-55(47)67/h1-39H. The summed E-state index contributed by atoms with van der Waals surface area (Å²) in [5, 5.41) is 4.79. The van der Waals surface area contributed by atoms with Crippen molar-refractivity contribution < 1.29 is 0 Å². The molecule has 13 rings (SSSR count). The van der Waals surface area contributed by atoms with E-state index in [0.29, 0.717) is 28.9 Å². The second-order valence-electron chi connectivity index (χ2n) is 16.9. The van der Waals surface area contributed by atoms with Crippen molar-refractivity contribution in [3.05, 3.63) is 237 Å². The van der Waals surface area contributed by atoms with E-state index in [0.717, 1.165) is 72.1 Å². The van der Waals surface area contributed by atoms with Gasteiger partial charge in [0, 0.05) is 56.3 Å². The lowest BCUT2D eigenvalue weighted by Crippen LogP contribution is -2.04. The van der Waals surface area contributed by atoms with Crippen LogP contribution in [0.4, 0.5) is 0 Å². The third-order valence-electron chi connectivity index (χ3n) is 12.9. The number of fused-ring (bicyclic) bond motifs is 6. The summed E-state index contributed by atoms with van der Waals surface area (Å²) >= 11 is 0. The Kier molecular flexibility index (Phi) is 9.35.